The average Bonchev–Trinajstić information content (AvgIpc) is 2.36. The Labute approximate surface area is 110 Å². The molecule has 0 fully saturated rings. The van der Waals surface area contributed by atoms with Gasteiger partial charge in [0.25, 0.3) is 0 Å². The molecule has 0 bridgehead atoms. The number of rotatable bonds is 6. The van der Waals surface area contributed by atoms with Crippen LogP contribution in [0.4, 0.5) is 0 Å². The van der Waals surface area contributed by atoms with E-state index in [1.807, 2.05) is 0 Å². The van der Waals surface area contributed by atoms with Gasteiger partial charge in [-0.25, -0.2) is 4.79 Å². The third kappa shape index (κ3) is 4.90. The maximum Gasteiger partial charge on any atom is 0.342 e. The van der Waals surface area contributed by atoms with Crippen molar-refractivity contribution >= 4 is 13.6 Å². The highest BCUT2D eigenvalue weighted by molar-refractivity contribution is 7.51. The fourth-order valence-corrected chi connectivity index (χ4v) is 1.64. The van der Waals surface area contributed by atoms with Gasteiger partial charge in [-0.1, -0.05) is 0 Å². The van der Waals surface area contributed by atoms with Crippen molar-refractivity contribution in [2.45, 2.75) is 0 Å². The number of hydrogen-bond acceptors (Lipinski definition) is 5. The van der Waals surface area contributed by atoms with Gasteiger partial charge in [0.2, 0.25) is 0 Å². The molecule has 8 heteroatoms. The SMILES string of the molecule is COc1ccc(OC)c(C(=O)OCCP(=O)(O)O)c1. The molecule has 0 radical (unpaired) electrons. The average molecular weight is 290 g/mol. The van der Waals surface area contributed by atoms with E-state index >= 15 is 0 Å². The summed E-state index contributed by atoms with van der Waals surface area (Å²) in [5, 5.41) is 0. The third-order valence-electron chi connectivity index (χ3n) is 2.24. The summed E-state index contributed by atoms with van der Waals surface area (Å²) >= 11 is 0. The van der Waals surface area contributed by atoms with Gasteiger partial charge < -0.3 is 24.0 Å². The monoisotopic (exact) mass is 290 g/mol. The minimum atomic E-state index is -4.18. The number of hydrogen-bond donors (Lipinski definition) is 2. The van der Waals surface area contributed by atoms with Crippen molar-refractivity contribution in [1.82, 2.24) is 0 Å². The predicted molar refractivity (Wildman–Crippen MR) is 66.7 cm³/mol. The van der Waals surface area contributed by atoms with Crippen molar-refractivity contribution in [3.05, 3.63) is 23.8 Å². The summed E-state index contributed by atoms with van der Waals surface area (Å²) in [6.07, 6.45) is -0.523. The minimum absolute atomic E-state index is 0.132. The van der Waals surface area contributed by atoms with E-state index in [9.17, 15) is 9.36 Å². The molecule has 1 rings (SSSR count). The van der Waals surface area contributed by atoms with Gasteiger partial charge in [0.15, 0.2) is 0 Å². The molecule has 2 N–H and O–H groups in total. The third-order valence-corrected chi connectivity index (χ3v) is 3.01. The normalized spacial score (nSPS) is 10.9. The molecule has 1 aromatic carbocycles. The lowest BCUT2D eigenvalue weighted by Gasteiger charge is -2.10. The van der Waals surface area contributed by atoms with E-state index in [4.69, 9.17) is 24.0 Å². The van der Waals surface area contributed by atoms with Gasteiger partial charge in [-0.05, 0) is 18.2 Å². The molecule has 0 aliphatic rings. The van der Waals surface area contributed by atoms with Gasteiger partial charge in [0.1, 0.15) is 23.7 Å². The maximum atomic E-state index is 11.8. The molecule has 0 saturated carbocycles. The van der Waals surface area contributed by atoms with Crippen LogP contribution < -0.4 is 9.47 Å². The Hall–Kier alpha value is -1.56. The van der Waals surface area contributed by atoms with E-state index in [1.54, 1.807) is 12.1 Å². The number of esters is 1. The Balaban J connectivity index is 2.77. The summed E-state index contributed by atoms with van der Waals surface area (Å²) in [4.78, 5) is 29.1. The van der Waals surface area contributed by atoms with E-state index in [2.05, 4.69) is 0 Å². The van der Waals surface area contributed by atoms with Gasteiger partial charge >= 0.3 is 13.6 Å². The zero-order valence-electron chi connectivity index (χ0n) is 10.5. The first-order chi connectivity index (χ1) is 8.87. The van der Waals surface area contributed by atoms with E-state index in [0.29, 0.717) is 11.5 Å². The smallest absolute Gasteiger partial charge is 0.342 e. The van der Waals surface area contributed by atoms with Gasteiger partial charge in [0.05, 0.1) is 20.4 Å². The second-order valence-corrected chi connectivity index (χ2v) is 5.37. The second kappa shape index (κ2) is 6.56. The van der Waals surface area contributed by atoms with Crippen LogP contribution in [0.3, 0.4) is 0 Å². The molecular weight excluding hydrogens is 275 g/mol. The lowest BCUT2D eigenvalue weighted by molar-refractivity contribution is 0.0522. The van der Waals surface area contributed by atoms with Gasteiger partial charge in [-0.3, -0.25) is 4.57 Å². The van der Waals surface area contributed by atoms with Crippen LogP contribution in [0.1, 0.15) is 10.4 Å². The highest BCUT2D eigenvalue weighted by Crippen LogP contribution is 2.33. The largest absolute Gasteiger partial charge is 0.497 e. The summed E-state index contributed by atoms with van der Waals surface area (Å²) in [5.74, 6) is 0.00826. The zero-order chi connectivity index (χ0) is 14.5. The van der Waals surface area contributed by atoms with E-state index in [0.717, 1.165) is 0 Å². The van der Waals surface area contributed by atoms with Crippen LogP contribution in [0.5, 0.6) is 11.5 Å². The van der Waals surface area contributed by atoms with Gasteiger partial charge in [0, 0.05) is 0 Å². The number of ether oxygens (including phenoxy) is 3. The first-order valence-electron chi connectivity index (χ1n) is 5.31. The summed E-state index contributed by atoms with van der Waals surface area (Å²) in [6.45, 7) is -0.372. The van der Waals surface area contributed by atoms with Crippen LogP contribution >= 0.6 is 7.60 Å². The molecule has 0 unspecified atom stereocenters. The molecule has 7 nitrogen and oxygen atoms in total. The number of benzene rings is 1. The van der Waals surface area contributed by atoms with Crippen LogP contribution in [0.25, 0.3) is 0 Å². The Morgan fingerprint density at radius 3 is 2.47 bits per heavy atom. The Kier molecular flexibility index (Phi) is 5.35. The molecular formula is C11H15O7P. The zero-order valence-corrected chi connectivity index (χ0v) is 11.4. The minimum Gasteiger partial charge on any atom is -0.497 e. The van der Waals surface area contributed by atoms with Crippen LogP contribution in [0.15, 0.2) is 18.2 Å². The molecule has 106 valence electrons. The van der Waals surface area contributed by atoms with E-state index in [-0.39, 0.29) is 12.2 Å². The molecule has 1 aromatic rings. The lowest BCUT2D eigenvalue weighted by atomic mass is 10.2. The molecule has 0 spiro atoms. The fraction of sp³-hybridized carbons (Fsp3) is 0.364. The molecule has 0 aliphatic heterocycles. The van der Waals surface area contributed by atoms with Crippen molar-refractivity contribution in [3.63, 3.8) is 0 Å². The summed E-state index contributed by atoms with van der Waals surface area (Å²) in [6, 6.07) is 4.59. The predicted octanol–water partition coefficient (Wildman–Crippen LogP) is 1.04. The van der Waals surface area contributed by atoms with E-state index in [1.165, 1.54) is 20.3 Å². The number of carbonyl (C=O) groups is 1. The Morgan fingerprint density at radius 2 is 1.95 bits per heavy atom. The van der Waals surface area contributed by atoms with Gasteiger partial charge in [-0.15, -0.1) is 0 Å². The first-order valence-corrected chi connectivity index (χ1v) is 7.11. The van der Waals surface area contributed by atoms with Gasteiger partial charge in [-0.2, -0.15) is 0 Å². The van der Waals surface area contributed by atoms with Crippen LogP contribution in [0.2, 0.25) is 0 Å². The highest BCUT2D eigenvalue weighted by atomic mass is 31.2. The van der Waals surface area contributed by atoms with Crippen LogP contribution in [-0.4, -0.2) is 42.7 Å². The molecule has 0 saturated heterocycles. The number of carbonyl (C=O) groups excluding carboxylic acids is 1. The Bertz CT molecular complexity index is 494. The molecule has 0 amide bonds. The second-order valence-electron chi connectivity index (χ2n) is 3.59. The van der Waals surface area contributed by atoms with Crippen LogP contribution in [-0.2, 0) is 9.30 Å². The topological polar surface area (TPSA) is 102 Å². The standard InChI is InChI=1S/C11H15O7P/c1-16-8-3-4-10(17-2)9(7-8)11(12)18-5-6-19(13,14)15/h3-4,7H,5-6H2,1-2H3,(H2,13,14,15). The summed E-state index contributed by atoms with van der Waals surface area (Å²) in [5.41, 5.74) is 0.132. The number of methoxy groups -OCH3 is 2. The van der Waals surface area contributed by atoms with Crippen LogP contribution in [0, 0.1) is 0 Å². The molecule has 0 heterocycles. The highest BCUT2D eigenvalue weighted by Gasteiger charge is 2.18. The quantitative estimate of drug-likeness (QED) is 0.596. The summed E-state index contributed by atoms with van der Waals surface area (Å²) < 4.78 is 25.4. The maximum absolute atomic E-state index is 11.8. The fourth-order valence-electron chi connectivity index (χ4n) is 1.31. The van der Waals surface area contributed by atoms with Crippen molar-refractivity contribution in [2.75, 3.05) is 27.0 Å². The van der Waals surface area contributed by atoms with E-state index < -0.39 is 19.7 Å². The lowest BCUT2D eigenvalue weighted by Crippen LogP contribution is -2.10. The van der Waals surface area contributed by atoms with Crippen molar-refractivity contribution in [2.24, 2.45) is 0 Å². The van der Waals surface area contributed by atoms with Crippen molar-refractivity contribution < 1.29 is 33.4 Å². The molecule has 0 atom stereocenters. The molecule has 0 aliphatic carbocycles. The first kappa shape index (κ1) is 15.5. The Morgan fingerprint density at radius 1 is 1.26 bits per heavy atom. The van der Waals surface area contributed by atoms with Crippen molar-refractivity contribution in [3.8, 4) is 11.5 Å². The summed E-state index contributed by atoms with van der Waals surface area (Å²) in [7, 11) is -1.33. The van der Waals surface area contributed by atoms with Crippen molar-refractivity contribution in [1.29, 1.82) is 0 Å². The molecule has 19 heavy (non-hydrogen) atoms. The molecule has 0 aromatic heterocycles.